The van der Waals surface area contributed by atoms with E-state index in [-0.39, 0.29) is 11.7 Å². The smallest absolute Gasteiger partial charge is 0.411 e. The molecule has 0 aliphatic heterocycles. The molecule has 0 fully saturated rings. The fourth-order valence-corrected chi connectivity index (χ4v) is 3.08. The van der Waals surface area contributed by atoms with E-state index in [1.54, 1.807) is 18.3 Å². The normalized spacial score (nSPS) is 10.5. The number of hydrogen-bond donors (Lipinski definition) is 2. The molecule has 0 saturated carbocycles. The van der Waals surface area contributed by atoms with Crippen LogP contribution in [0.15, 0.2) is 60.0 Å². The van der Waals surface area contributed by atoms with Gasteiger partial charge in [0.25, 0.3) is 0 Å². The summed E-state index contributed by atoms with van der Waals surface area (Å²) in [5.41, 5.74) is 2.56. The number of pyridine rings is 1. The third kappa shape index (κ3) is 4.54. The van der Waals surface area contributed by atoms with Gasteiger partial charge in [0.2, 0.25) is 5.91 Å². The Morgan fingerprint density at radius 3 is 2.77 bits per heavy atom. The third-order valence-electron chi connectivity index (χ3n) is 3.61. The van der Waals surface area contributed by atoms with Crippen LogP contribution in [0.2, 0.25) is 0 Å². The lowest BCUT2D eigenvalue weighted by molar-refractivity contribution is -0.118. The highest BCUT2D eigenvalue weighted by molar-refractivity contribution is 7.99. The van der Waals surface area contributed by atoms with Gasteiger partial charge in [-0.3, -0.25) is 14.5 Å². The number of benzene rings is 1. The van der Waals surface area contributed by atoms with E-state index in [0.717, 1.165) is 16.2 Å². The molecule has 3 aromatic rings. The van der Waals surface area contributed by atoms with Crippen LogP contribution in [0.1, 0.15) is 5.56 Å². The van der Waals surface area contributed by atoms with Gasteiger partial charge < -0.3 is 10.1 Å². The van der Waals surface area contributed by atoms with Crippen molar-refractivity contribution in [2.24, 2.45) is 0 Å². The summed E-state index contributed by atoms with van der Waals surface area (Å²) in [6.45, 7) is 0.417. The number of aromatic nitrogens is 2. The fraction of sp³-hybridized carbons (Fsp3) is 0.167. The largest absolute Gasteiger partial charge is 0.453 e. The first-order chi connectivity index (χ1) is 12.7. The van der Waals surface area contributed by atoms with Crippen LogP contribution in [0, 0.1) is 0 Å². The first kappa shape index (κ1) is 17.8. The van der Waals surface area contributed by atoms with Crippen LogP contribution in [0.5, 0.6) is 0 Å². The van der Waals surface area contributed by atoms with E-state index in [1.807, 2.05) is 40.9 Å². The molecule has 0 spiro atoms. The van der Waals surface area contributed by atoms with Crippen LogP contribution in [0.3, 0.4) is 0 Å². The Hall–Kier alpha value is -3.00. The molecule has 0 saturated heterocycles. The number of hydrogen-bond acceptors (Lipinski definition) is 5. The summed E-state index contributed by atoms with van der Waals surface area (Å²) in [5.74, 6) is 0.218. The van der Waals surface area contributed by atoms with Gasteiger partial charge in [0.15, 0.2) is 5.16 Å². The van der Waals surface area contributed by atoms with E-state index in [9.17, 15) is 9.59 Å². The molecule has 1 aromatic carbocycles. The van der Waals surface area contributed by atoms with Crippen LogP contribution in [0.25, 0.3) is 5.52 Å². The van der Waals surface area contributed by atoms with Crippen molar-refractivity contribution in [3.63, 3.8) is 0 Å². The molecular weight excluding hydrogens is 352 g/mol. The number of nitrogens with zero attached hydrogens (tertiary/aromatic N) is 2. The van der Waals surface area contributed by atoms with E-state index >= 15 is 0 Å². The molecule has 2 aromatic heterocycles. The van der Waals surface area contributed by atoms with Crippen LogP contribution >= 0.6 is 11.8 Å². The third-order valence-corrected chi connectivity index (χ3v) is 4.58. The van der Waals surface area contributed by atoms with Gasteiger partial charge in [0.05, 0.1) is 24.6 Å². The maximum Gasteiger partial charge on any atom is 0.411 e. The Balaban J connectivity index is 1.47. The summed E-state index contributed by atoms with van der Waals surface area (Å²) in [6.07, 6.45) is 3.19. The standard InChI is InChI=1S/C18H18N4O3S/c1-25-18(24)21-14-7-5-13(6-8-14)10-19-16(23)12-26-17-20-11-15-4-2-3-9-22(15)17/h2-9,11H,10,12H2,1H3,(H,19,23)(H,21,24). The second-order valence-electron chi connectivity index (χ2n) is 5.42. The maximum atomic E-state index is 12.1. The molecule has 26 heavy (non-hydrogen) atoms. The summed E-state index contributed by atoms with van der Waals surface area (Å²) in [4.78, 5) is 27.5. The topological polar surface area (TPSA) is 84.7 Å². The van der Waals surface area contributed by atoms with Gasteiger partial charge in [0.1, 0.15) is 0 Å². The number of amides is 2. The average molecular weight is 370 g/mol. The lowest BCUT2D eigenvalue weighted by Gasteiger charge is -2.07. The Labute approximate surface area is 154 Å². The molecular formula is C18H18N4O3S. The van der Waals surface area contributed by atoms with Gasteiger partial charge in [0, 0.05) is 18.4 Å². The SMILES string of the molecule is COC(=O)Nc1ccc(CNC(=O)CSc2ncc3ccccn23)cc1. The van der Waals surface area contributed by atoms with Crippen LogP contribution in [0.4, 0.5) is 10.5 Å². The molecule has 8 heteroatoms. The van der Waals surface area contributed by atoms with Gasteiger partial charge in [-0.2, -0.15) is 0 Å². The van der Waals surface area contributed by atoms with Crippen molar-refractivity contribution < 1.29 is 14.3 Å². The van der Waals surface area contributed by atoms with E-state index < -0.39 is 6.09 Å². The quantitative estimate of drug-likeness (QED) is 0.652. The number of nitrogens with one attached hydrogen (secondary N) is 2. The number of methoxy groups -OCH3 is 1. The Morgan fingerprint density at radius 2 is 2.00 bits per heavy atom. The van der Waals surface area contributed by atoms with Gasteiger partial charge in [-0.1, -0.05) is 30.0 Å². The summed E-state index contributed by atoms with van der Waals surface area (Å²) in [5, 5.41) is 6.23. The second kappa shape index (κ2) is 8.39. The predicted octanol–water partition coefficient (Wildman–Crippen LogP) is 2.92. The van der Waals surface area contributed by atoms with Crippen molar-refractivity contribution in [2.45, 2.75) is 11.7 Å². The second-order valence-corrected chi connectivity index (χ2v) is 6.36. The Morgan fingerprint density at radius 1 is 1.19 bits per heavy atom. The number of imidazole rings is 1. The Kier molecular flexibility index (Phi) is 5.75. The van der Waals surface area contributed by atoms with Crippen molar-refractivity contribution >= 4 is 35.0 Å². The number of rotatable bonds is 6. The first-order valence-electron chi connectivity index (χ1n) is 7.91. The zero-order valence-corrected chi connectivity index (χ0v) is 15.0. The van der Waals surface area contributed by atoms with Gasteiger partial charge in [-0.05, 0) is 29.8 Å². The highest BCUT2D eigenvalue weighted by Gasteiger charge is 2.08. The minimum atomic E-state index is -0.519. The highest BCUT2D eigenvalue weighted by Crippen LogP contribution is 2.18. The van der Waals surface area contributed by atoms with Crippen LogP contribution in [-0.2, 0) is 16.1 Å². The Bertz CT molecular complexity index is 908. The number of anilines is 1. The summed E-state index contributed by atoms with van der Waals surface area (Å²) in [6, 6.07) is 13.0. The van der Waals surface area contributed by atoms with Gasteiger partial charge >= 0.3 is 6.09 Å². The average Bonchev–Trinajstić information content (AvgIpc) is 3.09. The predicted molar refractivity (Wildman–Crippen MR) is 100 cm³/mol. The van der Waals surface area contributed by atoms with Crippen molar-refractivity contribution in [1.82, 2.24) is 14.7 Å². The van der Waals surface area contributed by atoms with Crippen molar-refractivity contribution in [3.8, 4) is 0 Å². The van der Waals surface area contributed by atoms with Crippen molar-refractivity contribution in [2.75, 3.05) is 18.2 Å². The number of carbonyl (C=O) groups excluding carboxylic acids is 2. The maximum absolute atomic E-state index is 12.1. The minimum absolute atomic E-state index is 0.0700. The molecule has 0 radical (unpaired) electrons. The molecule has 0 aliphatic rings. The molecule has 0 bridgehead atoms. The number of thioether (sulfide) groups is 1. The molecule has 0 unspecified atom stereocenters. The summed E-state index contributed by atoms with van der Waals surface area (Å²) >= 11 is 1.39. The zero-order chi connectivity index (χ0) is 18.4. The molecule has 3 rings (SSSR count). The van der Waals surface area contributed by atoms with Gasteiger partial charge in [-0.15, -0.1) is 0 Å². The summed E-state index contributed by atoms with van der Waals surface area (Å²) < 4.78 is 6.48. The van der Waals surface area contributed by atoms with E-state index in [0.29, 0.717) is 12.2 Å². The van der Waals surface area contributed by atoms with E-state index in [1.165, 1.54) is 18.9 Å². The van der Waals surface area contributed by atoms with Crippen molar-refractivity contribution in [1.29, 1.82) is 0 Å². The van der Waals surface area contributed by atoms with E-state index in [2.05, 4.69) is 20.4 Å². The molecule has 2 heterocycles. The number of fused-ring (bicyclic) bond motifs is 1. The molecule has 2 N–H and O–H groups in total. The number of carbonyl (C=O) groups is 2. The number of ether oxygens (including phenoxy) is 1. The molecule has 7 nitrogen and oxygen atoms in total. The molecule has 0 aliphatic carbocycles. The highest BCUT2D eigenvalue weighted by atomic mass is 32.2. The lowest BCUT2D eigenvalue weighted by Crippen LogP contribution is -2.24. The molecule has 0 atom stereocenters. The minimum Gasteiger partial charge on any atom is -0.453 e. The van der Waals surface area contributed by atoms with Crippen molar-refractivity contribution in [3.05, 3.63) is 60.4 Å². The lowest BCUT2D eigenvalue weighted by atomic mass is 10.2. The first-order valence-corrected chi connectivity index (χ1v) is 8.90. The van der Waals surface area contributed by atoms with E-state index in [4.69, 9.17) is 0 Å². The molecule has 134 valence electrons. The molecule has 2 amide bonds. The van der Waals surface area contributed by atoms with Gasteiger partial charge in [-0.25, -0.2) is 9.78 Å². The summed E-state index contributed by atoms with van der Waals surface area (Å²) in [7, 11) is 1.31. The monoisotopic (exact) mass is 370 g/mol. The zero-order valence-electron chi connectivity index (χ0n) is 14.1. The fourth-order valence-electron chi connectivity index (χ4n) is 2.28. The van der Waals surface area contributed by atoms with Crippen LogP contribution < -0.4 is 10.6 Å². The van der Waals surface area contributed by atoms with Crippen LogP contribution in [-0.4, -0.2) is 34.2 Å².